The van der Waals surface area contributed by atoms with Gasteiger partial charge in [0.1, 0.15) is 5.69 Å². The van der Waals surface area contributed by atoms with Crippen LogP contribution < -0.4 is 5.32 Å². The Morgan fingerprint density at radius 2 is 1.60 bits per heavy atom. The van der Waals surface area contributed by atoms with Crippen LogP contribution in [0.1, 0.15) is 32.0 Å². The Morgan fingerprint density at radius 1 is 0.933 bits per heavy atom. The maximum absolute atomic E-state index is 13.0. The highest BCUT2D eigenvalue weighted by Crippen LogP contribution is 2.20. The van der Waals surface area contributed by atoms with Gasteiger partial charge in [0.15, 0.2) is 0 Å². The van der Waals surface area contributed by atoms with E-state index in [1.807, 2.05) is 36.4 Å². The number of hydrogen-bond donors (Lipinski definition) is 2. The first-order valence-corrected chi connectivity index (χ1v) is 9.69. The van der Waals surface area contributed by atoms with Crippen LogP contribution in [0.3, 0.4) is 0 Å². The van der Waals surface area contributed by atoms with E-state index in [0.29, 0.717) is 17.3 Å². The molecule has 4 aromatic rings. The molecule has 30 heavy (non-hydrogen) atoms. The van der Waals surface area contributed by atoms with Crippen LogP contribution in [-0.4, -0.2) is 26.8 Å². The van der Waals surface area contributed by atoms with E-state index >= 15 is 0 Å². The lowest BCUT2D eigenvalue weighted by atomic mass is 10.1. The standard InChI is InChI=1S/C23H18ClN3O3/c24-18-11-7-16(8-12-18)14-27-21(19-3-1-2-4-20(19)26-27)22(28)25-13-15-5-9-17(10-6-15)23(29)30/h1-12H,13-14H2,(H,25,28)(H,29,30). The molecule has 150 valence electrons. The molecule has 0 saturated heterocycles. The number of fused-ring (bicyclic) bond motifs is 1. The van der Waals surface area contributed by atoms with Gasteiger partial charge in [-0.1, -0.05) is 54.1 Å². The molecule has 1 aromatic heterocycles. The van der Waals surface area contributed by atoms with Gasteiger partial charge in [-0.15, -0.1) is 0 Å². The number of carbonyl (C=O) groups is 2. The minimum atomic E-state index is -0.983. The molecular weight excluding hydrogens is 402 g/mol. The summed E-state index contributed by atoms with van der Waals surface area (Å²) in [4.78, 5) is 24.0. The number of benzene rings is 3. The lowest BCUT2D eigenvalue weighted by Crippen LogP contribution is -2.26. The summed E-state index contributed by atoms with van der Waals surface area (Å²) < 4.78 is 1.69. The van der Waals surface area contributed by atoms with E-state index in [-0.39, 0.29) is 18.0 Å². The van der Waals surface area contributed by atoms with E-state index in [4.69, 9.17) is 16.7 Å². The number of hydrogen-bond acceptors (Lipinski definition) is 3. The molecule has 0 radical (unpaired) electrons. The van der Waals surface area contributed by atoms with Gasteiger partial charge in [0.25, 0.3) is 5.91 Å². The maximum Gasteiger partial charge on any atom is 0.335 e. The average molecular weight is 420 g/mol. The highest BCUT2D eigenvalue weighted by Gasteiger charge is 2.18. The third-order valence-corrected chi connectivity index (χ3v) is 5.01. The van der Waals surface area contributed by atoms with Gasteiger partial charge in [-0.05, 0) is 41.5 Å². The maximum atomic E-state index is 13.0. The van der Waals surface area contributed by atoms with Crippen molar-refractivity contribution in [3.8, 4) is 0 Å². The first kappa shape index (κ1) is 19.7. The SMILES string of the molecule is O=C(O)c1ccc(CNC(=O)c2c3ccccc3nn2Cc2ccc(Cl)cc2)cc1. The van der Waals surface area contributed by atoms with Crippen LogP contribution in [0.2, 0.25) is 5.02 Å². The first-order valence-electron chi connectivity index (χ1n) is 9.32. The predicted octanol–water partition coefficient (Wildman–Crippen LogP) is 4.37. The number of rotatable bonds is 6. The van der Waals surface area contributed by atoms with E-state index in [2.05, 4.69) is 10.4 Å². The fourth-order valence-electron chi connectivity index (χ4n) is 3.23. The van der Waals surface area contributed by atoms with Crippen molar-refractivity contribution < 1.29 is 14.7 Å². The number of aromatic nitrogens is 2. The smallest absolute Gasteiger partial charge is 0.335 e. The molecule has 3 aromatic carbocycles. The number of amides is 1. The largest absolute Gasteiger partial charge is 0.478 e. The summed E-state index contributed by atoms with van der Waals surface area (Å²) in [6.45, 7) is 0.709. The van der Waals surface area contributed by atoms with Gasteiger partial charge < -0.3 is 10.4 Å². The van der Waals surface area contributed by atoms with E-state index in [0.717, 1.165) is 22.0 Å². The minimum Gasteiger partial charge on any atom is -0.478 e. The normalized spacial score (nSPS) is 10.8. The third-order valence-electron chi connectivity index (χ3n) is 4.76. The number of nitrogens with one attached hydrogen (secondary N) is 1. The molecular formula is C23H18ClN3O3. The molecule has 1 heterocycles. The Kier molecular flexibility index (Phi) is 5.50. The summed E-state index contributed by atoms with van der Waals surface area (Å²) >= 11 is 5.97. The summed E-state index contributed by atoms with van der Waals surface area (Å²) in [7, 11) is 0. The predicted molar refractivity (Wildman–Crippen MR) is 115 cm³/mol. The molecule has 0 aliphatic rings. The molecule has 0 saturated carbocycles. The number of aromatic carboxylic acids is 1. The van der Waals surface area contributed by atoms with Crippen LogP contribution >= 0.6 is 11.6 Å². The molecule has 0 aliphatic heterocycles. The Bertz CT molecular complexity index is 1210. The summed E-state index contributed by atoms with van der Waals surface area (Å²) in [6, 6.07) is 21.3. The van der Waals surface area contributed by atoms with Crippen molar-refractivity contribution in [3.05, 3.63) is 100 Å². The third kappa shape index (κ3) is 4.18. The van der Waals surface area contributed by atoms with Crippen LogP contribution in [0, 0.1) is 0 Å². The number of nitrogens with zero attached hydrogens (tertiary/aromatic N) is 2. The zero-order valence-corrected chi connectivity index (χ0v) is 16.6. The number of carboxylic acid groups (broad SMARTS) is 1. The highest BCUT2D eigenvalue weighted by atomic mass is 35.5. The van der Waals surface area contributed by atoms with Gasteiger partial charge >= 0.3 is 5.97 Å². The van der Waals surface area contributed by atoms with Crippen LogP contribution in [-0.2, 0) is 13.1 Å². The monoisotopic (exact) mass is 419 g/mol. The molecule has 2 N–H and O–H groups in total. The average Bonchev–Trinajstić information content (AvgIpc) is 3.12. The van der Waals surface area contributed by atoms with E-state index < -0.39 is 5.97 Å². The Morgan fingerprint density at radius 3 is 2.30 bits per heavy atom. The van der Waals surface area contributed by atoms with Crippen molar-refractivity contribution in [1.29, 1.82) is 0 Å². The number of carboxylic acids is 1. The van der Waals surface area contributed by atoms with E-state index in [1.54, 1.807) is 28.9 Å². The molecule has 6 nitrogen and oxygen atoms in total. The van der Waals surface area contributed by atoms with Crippen LogP contribution in [0.15, 0.2) is 72.8 Å². The lowest BCUT2D eigenvalue weighted by Gasteiger charge is -2.10. The van der Waals surface area contributed by atoms with Crippen molar-refractivity contribution in [2.75, 3.05) is 0 Å². The zero-order valence-electron chi connectivity index (χ0n) is 15.9. The highest BCUT2D eigenvalue weighted by molar-refractivity contribution is 6.30. The van der Waals surface area contributed by atoms with Crippen molar-refractivity contribution in [2.45, 2.75) is 13.1 Å². The quantitative estimate of drug-likeness (QED) is 0.486. The van der Waals surface area contributed by atoms with Gasteiger partial charge in [-0.25, -0.2) is 4.79 Å². The van der Waals surface area contributed by atoms with Crippen molar-refractivity contribution >= 4 is 34.4 Å². The van der Waals surface area contributed by atoms with Gasteiger partial charge in [-0.3, -0.25) is 9.48 Å². The fourth-order valence-corrected chi connectivity index (χ4v) is 3.35. The second kappa shape index (κ2) is 8.39. The topological polar surface area (TPSA) is 84.2 Å². The summed E-state index contributed by atoms with van der Waals surface area (Å²) in [5.74, 6) is -1.23. The molecule has 4 rings (SSSR count). The summed E-state index contributed by atoms with van der Waals surface area (Å²) in [6.07, 6.45) is 0. The summed E-state index contributed by atoms with van der Waals surface area (Å²) in [5, 5.41) is 17.9. The fraction of sp³-hybridized carbons (Fsp3) is 0.0870. The van der Waals surface area contributed by atoms with Crippen LogP contribution in [0.4, 0.5) is 0 Å². The Labute approximate surface area is 177 Å². The van der Waals surface area contributed by atoms with Gasteiger partial charge in [0.2, 0.25) is 0 Å². The Hall–Kier alpha value is -3.64. The Balaban J connectivity index is 1.59. The van der Waals surface area contributed by atoms with E-state index in [1.165, 1.54) is 12.1 Å². The first-order chi connectivity index (χ1) is 14.5. The molecule has 0 unspecified atom stereocenters. The van der Waals surface area contributed by atoms with Crippen molar-refractivity contribution in [2.24, 2.45) is 0 Å². The lowest BCUT2D eigenvalue weighted by molar-refractivity contribution is 0.0696. The molecule has 0 spiro atoms. The second-order valence-electron chi connectivity index (χ2n) is 6.83. The number of halogens is 1. The zero-order chi connectivity index (χ0) is 21.1. The van der Waals surface area contributed by atoms with Crippen LogP contribution in [0.5, 0.6) is 0 Å². The second-order valence-corrected chi connectivity index (χ2v) is 7.27. The molecule has 0 atom stereocenters. The molecule has 0 aliphatic carbocycles. The van der Waals surface area contributed by atoms with E-state index in [9.17, 15) is 9.59 Å². The molecule has 0 bridgehead atoms. The van der Waals surface area contributed by atoms with Crippen molar-refractivity contribution in [3.63, 3.8) is 0 Å². The molecule has 1 amide bonds. The van der Waals surface area contributed by atoms with Crippen molar-refractivity contribution in [1.82, 2.24) is 15.1 Å². The number of carbonyl (C=O) groups excluding carboxylic acids is 1. The van der Waals surface area contributed by atoms with Gasteiger partial charge in [0, 0.05) is 17.0 Å². The minimum absolute atomic E-state index is 0.206. The van der Waals surface area contributed by atoms with Gasteiger partial charge in [-0.2, -0.15) is 5.10 Å². The molecule has 7 heteroatoms. The van der Waals surface area contributed by atoms with Crippen LogP contribution in [0.25, 0.3) is 10.9 Å². The molecule has 0 fully saturated rings. The summed E-state index contributed by atoms with van der Waals surface area (Å²) in [5.41, 5.74) is 3.20. The van der Waals surface area contributed by atoms with Gasteiger partial charge in [0.05, 0.1) is 17.6 Å².